The molecular weight excluding hydrogens is 659 g/mol. The molecule has 0 radical (unpaired) electrons. The van der Waals surface area contributed by atoms with Gasteiger partial charge in [-0.15, -0.1) is 0 Å². The van der Waals surface area contributed by atoms with Crippen LogP contribution >= 0.6 is 0 Å². The fourth-order valence-corrected chi connectivity index (χ4v) is 6.75. The second kappa shape index (κ2) is 16.4. The maximum atomic E-state index is 14.0. The number of aryl methyl sites for hydroxylation is 1. The third kappa shape index (κ3) is 9.45. The van der Waals surface area contributed by atoms with Gasteiger partial charge in [-0.2, -0.15) is 0 Å². The van der Waals surface area contributed by atoms with Crippen LogP contribution in [0.1, 0.15) is 127 Å². The van der Waals surface area contributed by atoms with Crippen molar-refractivity contribution in [2.75, 3.05) is 20.8 Å². The summed E-state index contributed by atoms with van der Waals surface area (Å²) in [5.41, 5.74) is 4.01. The molecule has 0 aliphatic heterocycles. The molecule has 0 saturated carbocycles. The maximum absolute atomic E-state index is 14.0. The van der Waals surface area contributed by atoms with Gasteiger partial charge in [0.25, 0.3) is 0 Å². The number of para-hydroxylation sites is 1. The van der Waals surface area contributed by atoms with E-state index in [9.17, 15) is 10.2 Å². The van der Waals surface area contributed by atoms with E-state index in [1.54, 1.807) is 20.4 Å². The molecule has 286 valence electrons. The van der Waals surface area contributed by atoms with Gasteiger partial charge in [0.05, 0.1) is 26.9 Å². The van der Waals surface area contributed by atoms with Crippen LogP contribution in [0, 0.1) is 6.92 Å². The Balaban J connectivity index is 2.15. The molecule has 53 heavy (non-hydrogen) atoms. The Labute approximate surface area is 319 Å². The van der Waals surface area contributed by atoms with E-state index in [0.29, 0.717) is 41.2 Å². The van der Waals surface area contributed by atoms with Gasteiger partial charge in [0, 0.05) is 34.9 Å². The first kappa shape index (κ1) is 41.5. The summed E-state index contributed by atoms with van der Waals surface area (Å²) in [7, 11) is 3.26. The normalized spacial score (nSPS) is 13.3. The summed E-state index contributed by atoms with van der Waals surface area (Å²) in [6.07, 6.45) is 3.96. The van der Waals surface area contributed by atoms with Gasteiger partial charge in [0.1, 0.15) is 28.6 Å². The summed E-state index contributed by atoms with van der Waals surface area (Å²) >= 11 is 0. The largest absolute Gasteiger partial charge is 0.507 e. The Bertz CT molecular complexity index is 1820. The van der Waals surface area contributed by atoms with Crippen molar-refractivity contribution in [1.82, 2.24) is 0 Å². The number of phenols is 1. The molecule has 0 aliphatic rings. The highest BCUT2D eigenvalue weighted by Crippen LogP contribution is 2.47. The Kier molecular flexibility index (Phi) is 12.8. The molecule has 1 unspecified atom stereocenters. The molecule has 4 aromatic rings. The number of benzene rings is 4. The average Bonchev–Trinajstić information content (AvgIpc) is 3.09. The monoisotopic (exact) mass is 721 g/mol. The number of aromatic hydroxyl groups is 1. The molecule has 6 nitrogen and oxygen atoms in total. The molecular formula is C47H63NO5. The maximum Gasteiger partial charge on any atom is 0.144 e. The van der Waals surface area contributed by atoms with Crippen molar-refractivity contribution in [3.05, 3.63) is 117 Å². The van der Waals surface area contributed by atoms with Crippen LogP contribution in [-0.2, 0) is 28.3 Å². The first-order valence-electron chi connectivity index (χ1n) is 18.9. The number of hydrogen-bond donors (Lipinski definition) is 2. The standard InChI is InChI=1S/C47H63NO5/c1-14-15-24-53-39-19-17-16-18-32(39)27-42(48-30-33-25-31(2)26-38(43(33)49)46(9,10)11)47(50,36-28-34(44(3,4)5)20-22-40(36)51-12)37-29-35(45(6,7)8)21-23-41(37)52-13/h16-23,25-26,28-30,42,49-50H,14-15,24,27H2,1-13H3. The van der Waals surface area contributed by atoms with Crippen molar-refractivity contribution in [3.63, 3.8) is 0 Å². The van der Waals surface area contributed by atoms with Gasteiger partial charge in [-0.1, -0.05) is 112 Å². The molecule has 0 aromatic heterocycles. The number of phenolic OH excluding ortho intramolecular Hbond substituents is 1. The second-order valence-electron chi connectivity index (χ2n) is 17.4. The van der Waals surface area contributed by atoms with Crippen LogP contribution in [0.25, 0.3) is 0 Å². The lowest BCUT2D eigenvalue weighted by molar-refractivity contribution is 0.0473. The SMILES string of the molecule is CCCCOc1ccccc1CC(N=Cc1cc(C)cc(C(C)(C)C)c1O)C(O)(c1cc(C(C)(C)C)ccc1OC)c1cc(C(C)(C)C)ccc1OC. The Morgan fingerprint density at radius 1 is 0.698 bits per heavy atom. The Morgan fingerprint density at radius 3 is 1.74 bits per heavy atom. The van der Waals surface area contributed by atoms with Gasteiger partial charge in [0.2, 0.25) is 0 Å². The van der Waals surface area contributed by atoms with Crippen LogP contribution in [0.3, 0.4) is 0 Å². The topological polar surface area (TPSA) is 80.5 Å². The molecule has 6 heteroatoms. The number of methoxy groups -OCH3 is 2. The van der Waals surface area contributed by atoms with Gasteiger partial charge >= 0.3 is 0 Å². The zero-order valence-electron chi connectivity index (χ0n) is 34.5. The first-order valence-corrected chi connectivity index (χ1v) is 18.9. The summed E-state index contributed by atoms with van der Waals surface area (Å²) in [6.45, 7) is 24.0. The van der Waals surface area contributed by atoms with Crippen molar-refractivity contribution in [1.29, 1.82) is 0 Å². The van der Waals surface area contributed by atoms with Crippen LogP contribution in [0.15, 0.2) is 77.8 Å². The van der Waals surface area contributed by atoms with Crippen molar-refractivity contribution >= 4 is 6.21 Å². The lowest BCUT2D eigenvalue weighted by atomic mass is 9.73. The molecule has 2 N–H and O–H groups in total. The van der Waals surface area contributed by atoms with E-state index in [0.717, 1.165) is 46.4 Å². The second-order valence-corrected chi connectivity index (χ2v) is 17.4. The summed E-state index contributed by atoms with van der Waals surface area (Å²) < 4.78 is 18.5. The van der Waals surface area contributed by atoms with Gasteiger partial charge in [0.15, 0.2) is 0 Å². The number of rotatable bonds is 13. The molecule has 0 heterocycles. The fraction of sp³-hybridized carbons (Fsp3) is 0.468. The fourth-order valence-electron chi connectivity index (χ4n) is 6.75. The van der Waals surface area contributed by atoms with E-state index in [2.05, 4.69) is 93.5 Å². The highest BCUT2D eigenvalue weighted by molar-refractivity contribution is 5.85. The summed E-state index contributed by atoms with van der Waals surface area (Å²) in [5.74, 6) is 1.99. The molecule has 0 amide bonds. The molecule has 0 aliphatic carbocycles. The number of aliphatic hydroxyl groups is 1. The number of aliphatic imine (C=N–C) groups is 1. The van der Waals surface area contributed by atoms with Crippen molar-refractivity contribution in [3.8, 4) is 23.0 Å². The van der Waals surface area contributed by atoms with E-state index in [1.165, 1.54) is 0 Å². The van der Waals surface area contributed by atoms with E-state index >= 15 is 0 Å². The molecule has 1 atom stereocenters. The predicted octanol–water partition coefficient (Wildman–Crippen LogP) is 10.8. The van der Waals surface area contributed by atoms with E-state index in [4.69, 9.17) is 19.2 Å². The smallest absolute Gasteiger partial charge is 0.144 e. The lowest BCUT2D eigenvalue weighted by Crippen LogP contribution is -2.42. The van der Waals surface area contributed by atoms with Crippen molar-refractivity contribution in [2.45, 2.75) is 123 Å². The number of ether oxygens (including phenoxy) is 3. The van der Waals surface area contributed by atoms with Crippen LogP contribution in [0.4, 0.5) is 0 Å². The third-order valence-electron chi connectivity index (χ3n) is 10.1. The van der Waals surface area contributed by atoms with Gasteiger partial charge in [-0.25, -0.2) is 0 Å². The quantitative estimate of drug-likeness (QED) is 0.106. The van der Waals surface area contributed by atoms with Crippen LogP contribution in [0.2, 0.25) is 0 Å². The Hall–Kier alpha value is -4.29. The van der Waals surface area contributed by atoms with Gasteiger partial charge < -0.3 is 24.4 Å². The lowest BCUT2D eigenvalue weighted by Gasteiger charge is -2.38. The highest BCUT2D eigenvalue weighted by atomic mass is 16.5. The van der Waals surface area contributed by atoms with Crippen LogP contribution in [0.5, 0.6) is 23.0 Å². The average molecular weight is 722 g/mol. The van der Waals surface area contributed by atoms with E-state index in [1.807, 2.05) is 55.5 Å². The minimum Gasteiger partial charge on any atom is -0.507 e. The molecule has 0 fully saturated rings. The minimum atomic E-state index is -1.79. The molecule has 4 rings (SSSR count). The summed E-state index contributed by atoms with van der Waals surface area (Å²) in [6, 6.07) is 23.2. The van der Waals surface area contributed by atoms with Crippen molar-refractivity contribution < 1.29 is 24.4 Å². The zero-order chi connectivity index (χ0) is 39.4. The number of hydrogen-bond acceptors (Lipinski definition) is 6. The predicted molar refractivity (Wildman–Crippen MR) is 220 cm³/mol. The van der Waals surface area contributed by atoms with Gasteiger partial charge in [-0.3, -0.25) is 4.99 Å². The third-order valence-corrected chi connectivity index (χ3v) is 10.1. The van der Waals surface area contributed by atoms with E-state index in [-0.39, 0.29) is 22.0 Å². The van der Waals surface area contributed by atoms with Crippen LogP contribution in [-0.4, -0.2) is 43.3 Å². The molecule has 0 saturated heterocycles. The highest BCUT2D eigenvalue weighted by Gasteiger charge is 2.46. The molecule has 4 aromatic carbocycles. The minimum absolute atomic E-state index is 0.178. The molecule has 0 bridgehead atoms. The number of nitrogens with zero attached hydrogens (tertiary/aromatic N) is 1. The summed E-state index contributed by atoms with van der Waals surface area (Å²) in [4.78, 5) is 5.31. The van der Waals surface area contributed by atoms with Crippen LogP contribution < -0.4 is 14.2 Å². The van der Waals surface area contributed by atoms with E-state index < -0.39 is 11.6 Å². The number of unbranched alkanes of at least 4 members (excludes halogenated alkanes) is 1. The zero-order valence-corrected chi connectivity index (χ0v) is 34.5. The molecule has 0 spiro atoms. The Morgan fingerprint density at radius 2 is 1.25 bits per heavy atom. The first-order chi connectivity index (χ1) is 24.7. The van der Waals surface area contributed by atoms with Crippen molar-refractivity contribution in [2.24, 2.45) is 4.99 Å². The summed E-state index contributed by atoms with van der Waals surface area (Å²) in [5, 5.41) is 25.6. The van der Waals surface area contributed by atoms with Gasteiger partial charge in [-0.05, 0) is 88.2 Å².